The Morgan fingerprint density at radius 3 is 2.38 bits per heavy atom. The molecule has 0 aliphatic heterocycles. The Labute approximate surface area is 123 Å². The number of carbonyl (C=O) groups is 2. The molecule has 0 fully saturated rings. The highest BCUT2D eigenvalue weighted by Gasteiger charge is 2.18. The lowest BCUT2D eigenvalue weighted by atomic mass is 9.96. The fraction of sp³-hybridized carbons (Fsp3) is 0.111. The van der Waals surface area contributed by atoms with Crippen molar-refractivity contribution in [3.05, 3.63) is 84.1 Å². The number of ether oxygens (including phenoxy) is 1. The highest BCUT2D eigenvalue weighted by atomic mass is 16.5. The van der Waals surface area contributed by atoms with Gasteiger partial charge in [-0.15, -0.1) is 0 Å². The van der Waals surface area contributed by atoms with Crippen LogP contribution >= 0.6 is 0 Å². The minimum atomic E-state index is -0.452. The Morgan fingerprint density at radius 2 is 1.71 bits per heavy atom. The maximum absolute atomic E-state index is 12.4. The molecule has 0 unspecified atom stereocenters. The van der Waals surface area contributed by atoms with Crippen molar-refractivity contribution in [1.82, 2.24) is 0 Å². The standard InChI is InChI=1S/C18H16O3/c1-3-21-18(20)13(2)15-10-7-11-16(12-15)17(19)14-8-5-4-6-9-14/h3-13H,1H2,2H3/t13-/m1/s1. The second-order valence-corrected chi connectivity index (χ2v) is 4.65. The first-order valence-corrected chi connectivity index (χ1v) is 6.64. The molecular formula is C18H16O3. The highest BCUT2D eigenvalue weighted by Crippen LogP contribution is 2.20. The fourth-order valence-corrected chi connectivity index (χ4v) is 2.03. The summed E-state index contributed by atoms with van der Waals surface area (Å²) in [5.74, 6) is -0.914. The molecule has 2 aromatic carbocycles. The van der Waals surface area contributed by atoms with Crippen molar-refractivity contribution in [2.24, 2.45) is 0 Å². The minimum Gasteiger partial charge on any atom is -0.435 e. The molecule has 0 aliphatic carbocycles. The molecule has 0 heterocycles. The van der Waals surface area contributed by atoms with Crippen LogP contribution in [-0.4, -0.2) is 11.8 Å². The lowest BCUT2D eigenvalue weighted by Crippen LogP contribution is -2.11. The van der Waals surface area contributed by atoms with Crippen molar-refractivity contribution >= 4 is 11.8 Å². The topological polar surface area (TPSA) is 43.4 Å². The van der Waals surface area contributed by atoms with Gasteiger partial charge in [-0.25, -0.2) is 0 Å². The SMILES string of the molecule is C=COC(=O)[C@H](C)c1cccc(C(=O)c2ccccc2)c1. The molecule has 2 rings (SSSR count). The summed E-state index contributed by atoms with van der Waals surface area (Å²) < 4.78 is 4.78. The second kappa shape index (κ2) is 6.66. The van der Waals surface area contributed by atoms with E-state index in [2.05, 4.69) is 6.58 Å². The maximum Gasteiger partial charge on any atom is 0.317 e. The Hall–Kier alpha value is -2.68. The zero-order valence-electron chi connectivity index (χ0n) is 11.8. The van der Waals surface area contributed by atoms with Gasteiger partial charge >= 0.3 is 5.97 Å². The van der Waals surface area contributed by atoms with Crippen molar-refractivity contribution < 1.29 is 14.3 Å². The summed E-state index contributed by atoms with van der Waals surface area (Å²) in [6, 6.07) is 16.1. The van der Waals surface area contributed by atoms with Crippen molar-refractivity contribution in [2.45, 2.75) is 12.8 Å². The third kappa shape index (κ3) is 3.45. The van der Waals surface area contributed by atoms with Crippen molar-refractivity contribution in [3.63, 3.8) is 0 Å². The molecule has 0 bridgehead atoms. The van der Waals surface area contributed by atoms with Gasteiger partial charge in [-0.1, -0.05) is 55.1 Å². The summed E-state index contributed by atoms with van der Waals surface area (Å²) in [6.07, 6.45) is 1.11. The molecule has 0 aliphatic rings. The van der Waals surface area contributed by atoms with E-state index in [1.54, 1.807) is 43.3 Å². The van der Waals surface area contributed by atoms with Gasteiger partial charge < -0.3 is 4.74 Å². The van der Waals surface area contributed by atoms with E-state index in [-0.39, 0.29) is 5.78 Å². The Kier molecular flexibility index (Phi) is 4.67. The van der Waals surface area contributed by atoms with Gasteiger partial charge in [-0.3, -0.25) is 9.59 Å². The number of benzene rings is 2. The molecule has 0 amide bonds. The zero-order valence-corrected chi connectivity index (χ0v) is 11.8. The summed E-state index contributed by atoms with van der Waals surface area (Å²) in [6.45, 7) is 5.10. The summed E-state index contributed by atoms with van der Waals surface area (Å²) in [5, 5.41) is 0. The Bertz CT molecular complexity index is 659. The zero-order chi connectivity index (χ0) is 15.2. The van der Waals surface area contributed by atoms with E-state index in [0.29, 0.717) is 11.1 Å². The van der Waals surface area contributed by atoms with E-state index in [1.807, 2.05) is 18.2 Å². The van der Waals surface area contributed by atoms with Gasteiger partial charge in [0, 0.05) is 11.1 Å². The molecule has 0 saturated carbocycles. The average Bonchev–Trinajstić information content (AvgIpc) is 2.54. The summed E-state index contributed by atoms with van der Waals surface area (Å²) in [4.78, 5) is 24.1. The van der Waals surface area contributed by atoms with Crippen LogP contribution in [-0.2, 0) is 9.53 Å². The van der Waals surface area contributed by atoms with Crippen LogP contribution in [0.4, 0.5) is 0 Å². The average molecular weight is 280 g/mol. The third-order valence-corrected chi connectivity index (χ3v) is 3.24. The Balaban J connectivity index is 2.28. The number of hydrogen-bond donors (Lipinski definition) is 0. The van der Waals surface area contributed by atoms with Gasteiger partial charge in [0.25, 0.3) is 0 Å². The summed E-state index contributed by atoms with van der Waals surface area (Å²) in [5.41, 5.74) is 1.91. The number of hydrogen-bond acceptors (Lipinski definition) is 3. The largest absolute Gasteiger partial charge is 0.435 e. The first-order chi connectivity index (χ1) is 10.1. The van der Waals surface area contributed by atoms with E-state index < -0.39 is 11.9 Å². The molecule has 1 atom stereocenters. The van der Waals surface area contributed by atoms with Crippen LogP contribution < -0.4 is 0 Å². The molecule has 106 valence electrons. The van der Waals surface area contributed by atoms with Crippen LogP contribution in [0.3, 0.4) is 0 Å². The molecular weight excluding hydrogens is 264 g/mol. The van der Waals surface area contributed by atoms with Crippen molar-refractivity contribution in [3.8, 4) is 0 Å². The van der Waals surface area contributed by atoms with E-state index in [0.717, 1.165) is 11.8 Å². The predicted octanol–water partition coefficient (Wildman–Crippen LogP) is 3.71. The van der Waals surface area contributed by atoms with Gasteiger partial charge in [0.05, 0.1) is 12.2 Å². The van der Waals surface area contributed by atoms with Crippen LogP contribution in [0.5, 0.6) is 0 Å². The van der Waals surface area contributed by atoms with E-state index >= 15 is 0 Å². The first kappa shape index (κ1) is 14.7. The molecule has 0 N–H and O–H groups in total. The molecule has 0 saturated heterocycles. The van der Waals surface area contributed by atoms with Gasteiger partial charge in [0.2, 0.25) is 0 Å². The normalized spacial score (nSPS) is 11.5. The van der Waals surface area contributed by atoms with Crippen molar-refractivity contribution in [2.75, 3.05) is 0 Å². The van der Waals surface area contributed by atoms with E-state index in [4.69, 9.17) is 4.74 Å². The fourth-order valence-electron chi connectivity index (χ4n) is 2.03. The van der Waals surface area contributed by atoms with Crippen LogP contribution in [0, 0.1) is 0 Å². The van der Waals surface area contributed by atoms with Gasteiger partial charge in [-0.2, -0.15) is 0 Å². The highest BCUT2D eigenvalue weighted by molar-refractivity contribution is 6.09. The molecule has 0 aromatic heterocycles. The monoisotopic (exact) mass is 280 g/mol. The number of carbonyl (C=O) groups excluding carboxylic acids is 2. The molecule has 3 heteroatoms. The quantitative estimate of drug-likeness (QED) is 0.476. The van der Waals surface area contributed by atoms with Crippen LogP contribution in [0.2, 0.25) is 0 Å². The lowest BCUT2D eigenvalue weighted by molar-refractivity contribution is -0.139. The molecule has 3 nitrogen and oxygen atoms in total. The molecule has 0 spiro atoms. The first-order valence-electron chi connectivity index (χ1n) is 6.64. The maximum atomic E-state index is 12.4. The van der Waals surface area contributed by atoms with Gasteiger partial charge in [0.1, 0.15) is 0 Å². The van der Waals surface area contributed by atoms with Crippen molar-refractivity contribution in [1.29, 1.82) is 0 Å². The Morgan fingerprint density at radius 1 is 1.05 bits per heavy atom. The smallest absolute Gasteiger partial charge is 0.317 e. The van der Waals surface area contributed by atoms with Gasteiger partial charge in [0.15, 0.2) is 5.78 Å². The molecule has 21 heavy (non-hydrogen) atoms. The molecule has 0 radical (unpaired) electrons. The lowest BCUT2D eigenvalue weighted by Gasteiger charge is -2.10. The summed E-state index contributed by atoms with van der Waals surface area (Å²) >= 11 is 0. The van der Waals surface area contributed by atoms with E-state index in [1.165, 1.54) is 0 Å². The molecule has 2 aromatic rings. The summed E-state index contributed by atoms with van der Waals surface area (Å²) in [7, 11) is 0. The number of esters is 1. The van der Waals surface area contributed by atoms with Crippen LogP contribution in [0.15, 0.2) is 67.4 Å². The predicted molar refractivity (Wildman–Crippen MR) is 81.0 cm³/mol. The van der Waals surface area contributed by atoms with E-state index in [9.17, 15) is 9.59 Å². The third-order valence-electron chi connectivity index (χ3n) is 3.24. The van der Waals surface area contributed by atoms with Crippen LogP contribution in [0.25, 0.3) is 0 Å². The second-order valence-electron chi connectivity index (χ2n) is 4.65. The number of rotatable bonds is 5. The van der Waals surface area contributed by atoms with Gasteiger partial charge in [-0.05, 0) is 18.6 Å². The minimum absolute atomic E-state index is 0.0678. The van der Waals surface area contributed by atoms with Crippen LogP contribution in [0.1, 0.15) is 34.3 Å². The number of ketones is 1.